The molecule has 0 aliphatic rings. The molecule has 1 N–H and O–H groups in total. The Kier molecular flexibility index (Phi) is 4.74. The molecular formula is C14H22N4S. The van der Waals surface area contributed by atoms with E-state index in [4.69, 9.17) is 0 Å². The Morgan fingerprint density at radius 2 is 2.26 bits per heavy atom. The number of rotatable bonds is 6. The highest BCUT2D eigenvalue weighted by Gasteiger charge is 2.14. The average Bonchev–Trinajstić information content (AvgIpc) is 2.98. The zero-order valence-corrected chi connectivity index (χ0v) is 12.9. The predicted molar refractivity (Wildman–Crippen MR) is 80.4 cm³/mol. The molecule has 4 nitrogen and oxygen atoms in total. The van der Waals surface area contributed by atoms with Crippen molar-refractivity contribution in [1.29, 1.82) is 0 Å². The Labute approximate surface area is 119 Å². The van der Waals surface area contributed by atoms with Gasteiger partial charge in [0.25, 0.3) is 0 Å². The molecule has 0 bridgehead atoms. The third-order valence-corrected chi connectivity index (χ3v) is 4.46. The molecule has 5 heteroatoms. The fraction of sp³-hybridized carbons (Fsp3) is 0.500. The van der Waals surface area contributed by atoms with Crippen LogP contribution in [0.2, 0.25) is 0 Å². The van der Waals surface area contributed by atoms with Crippen molar-refractivity contribution < 1.29 is 0 Å². The van der Waals surface area contributed by atoms with E-state index in [1.165, 1.54) is 16.1 Å². The van der Waals surface area contributed by atoms with Gasteiger partial charge in [-0.1, -0.05) is 6.07 Å². The van der Waals surface area contributed by atoms with E-state index in [-0.39, 0.29) is 0 Å². The second-order valence-electron chi connectivity index (χ2n) is 5.00. The van der Waals surface area contributed by atoms with Crippen molar-refractivity contribution in [2.75, 3.05) is 20.6 Å². The van der Waals surface area contributed by atoms with E-state index in [9.17, 15) is 0 Å². The van der Waals surface area contributed by atoms with E-state index in [1.54, 1.807) is 0 Å². The number of aryl methyl sites for hydroxylation is 1. The highest BCUT2D eigenvalue weighted by atomic mass is 32.1. The topological polar surface area (TPSA) is 33.1 Å². The summed E-state index contributed by atoms with van der Waals surface area (Å²) in [5.74, 6) is 0. The van der Waals surface area contributed by atoms with E-state index < -0.39 is 0 Å². The van der Waals surface area contributed by atoms with Crippen molar-refractivity contribution in [3.8, 4) is 0 Å². The lowest BCUT2D eigenvalue weighted by molar-refractivity contribution is 0.292. The molecule has 0 fully saturated rings. The van der Waals surface area contributed by atoms with Crippen LogP contribution in [0.4, 0.5) is 0 Å². The van der Waals surface area contributed by atoms with E-state index >= 15 is 0 Å². The number of hydrogen-bond donors (Lipinski definition) is 1. The first-order valence-corrected chi connectivity index (χ1v) is 7.35. The summed E-state index contributed by atoms with van der Waals surface area (Å²) in [6.45, 7) is 3.92. The smallest absolute Gasteiger partial charge is 0.0561 e. The number of thiophene rings is 1. The Morgan fingerprint density at radius 1 is 1.47 bits per heavy atom. The average molecular weight is 278 g/mol. The Morgan fingerprint density at radius 3 is 2.79 bits per heavy atom. The predicted octanol–water partition coefficient (Wildman–Crippen LogP) is 2.18. The zero-order valence-electron chi connectivity index (χ0n) is 12.1. The van der Waals surface area contributed by atoms with Gasteiger partial charge in [-0.15, -0.1) is 11.3 Å². The number of hydrogen-bond acceptors (Lipinski definition) is 4. The molecule has 0 saturated heterocycles. The molecule has 0 amide bonds. The van der Waals surface area contributed by atoms with Gasteiger partial charge in [-0.2, -0.15) is 5.10 Å². The van der Waals surface area contributed by atoms with Crippen LogP contribution in [0.15, 0.2) is 23.7 Å². The van der Waals surface area contributed by atoms with Gasteiger partial charge >= 0.3 is 0 Å². The van der Waals surface area contributed by atoms with Gasteiger partial charge in [0.1, 0.15) is 0 Å². The van der Waals surface area contributed by atoms with Crippen LogP contribution in [0.25, 0.3) is 0 Å². The summed E-state index contributed by atoms with van der Waals surface area (Å²) in [5, 5.41) is 9.94. The Bertz CT molecular complexity index is 502. The van der Waals surface area contributed by atoms with Crippen LogP contribution in [-0.4, -0.2) is 35.3 Å². The van der Waals surface area contributed by atoms with Crippen molar-refractivity contribution in [3.05, 3.63) is 39.8 Å². The maximum Gasteiger partial charge on any atom is 0.0561 e. The van der Waals surface area contributed by atoms with Crippen LogP contribution in [-0.2, 0) is 13.6 Å². The second kappa shape index (κ2) is 6.32. The summed E-state index contributed by atoms with van der Waals surface area (Å²) < 4.78 is 1.92. The minimum absolute atomic E-state index is 0.428. The fourth-order valence-electron chi connectivity index (χ4n) is 2.08. The number of nitrogens with zero attached hydrogens (tertiary/aromatic N) is 3. The minimum Gasteiger partial charge on any atom is -0.311 e. The van der Waals surface area contributed by atoms with E-state index in [0.717, 1.165) is 13.1 Å². The van der Waals surface area contributed by atoms with Gasteiger partial charge in [0, 0.05) is 36.3 Å². The van der Waals surface area contributed by atoms with E-state index in [0.29, 0.717) is 6.04 Å². The highest BCUT2D eigenvalue weighted by Crippen LogP contribution is 2.22. The fourth-order valence-corrected chi connectivity index (χ4v) is 3.00. The first-order chi connectivity index (χ1) is 9.09. The standard InChI is InChI=1S/C14H22N4S/c1-11-12(9-16-18(11)4)8-15-10-13(17(2)3)14-6-5-7-19-14/h5-7,9,13,15H,8,10H2,1-4H3. The molecule has 0 radical (unpaired) electrons. The molecule has 0 aromatic carbocycles. The van der Waals surface area contributed by atoms with Crippen molar-refractivity contribution in [1.82, 2.24) is 20.0 Å². The largest absolute Gasteiger partial charge is 0.311 e. The summed E-state index contributed by atoms with van der Waals surface area (Å²) in [7, 11) is 6.23. The van der Waals surface area contributed by atoms with E-state index in [1.807, 2.05) is 29.3 Å². The lowest BCUT2D eigenvalue weighted by Crippen LogP contribution is -2.30. The zero-order chi connectivity index (χ0) is 13.8. The van der Waals surface area contributed by atoms with E-state index in [2.05, 4.69) is 53.8 Å². The van der Waals surface area contributed by atoms with Crippen molar-refractivity contribution in [3.63, 3.8) is 0 Å². The number of aromatic nitrogens is 2. The molecule has 0 aliphatic heterocycles. The summed E-state index contributed by atoms with van der Waals surface area (Å²) in [6, 6.07) is 4.74. The lowest BCUT2D eigenvalue weighted by atomic mass is 10.2. The quantitative estimate of drug-likeness (QED) is 0.879. The van der Waals surface area contributed by atoms with Crippen LogP contribution in [0.3, 0.4) is 0 Å². The molecule has 1 unspecified atom stereocenters. The van der Waals surface area contributed by atoms with Crippen LogP contribution in [0.5, 0.6) is 0 Å². The van der Waals surface area contributed by atoms with Crippen LogP contribution in [0.1, 0.15) is 22.2 Å². The molecule has 1 atom stereocenters. The van der Waals surface area contributed by atoms with Crippen molar-refractivity contribution in [2.24, 2.45) is 7.05 Å². The van der Waals surface area contributed by atoms with Crippen LogP contribution < -0.4 is 5.32 Å². The Balaban J connectivity index is 1.92. The summed E-state index contributed by atoms with van der Waals surface area (Å²) >= 11 is 1.81. The lowest BCUT2D eigenvalue weighted by Gasteiger charge is -2.23. The minimum atomic E-state index is 0.428. The van der Waals surface area contributed by atoms with Gasteiger partial charge in [-0.05, 0) is 32.5 Å². The first-order valence-electron chi connectivity index (χ1n) is 6.47. The molecule has 0 saturated carbocycles. The number of likely N-dealkylation sites (N-methyl/N-ethyl adjacent to an activating group) is 1. The van der Waals surface area contributed by atoms with Crippen molar-refractivity contribution in [2.45, 2.75) is 19.5 Å². The van der Waals surface area contributed by atoms with Crippen LogP contribution >= 0.6 is 11.3 Å². The molecule has 0 spiro atoms. The maximum absolute atomic E-state index is 4.27. The molecule has 2 rings (SSSR count). The first kappa shape index (κ1) is 14.2. The van der Waals surface area contributed by atoms with Gasteiger partial charge in [-0.25, -0.2) is 0 Å². The molecule has 19 heavy (non-hydrogen) atoms. The van der Waals surface area contributed by atoms with Crippen molar-refractivity contribution >= 4 is 11.3 Å². The third kappa shape index (κ3) is 3.43. The summed E-state index contributed by atoms with van der Waals surface area (Å²) in [6.07, 6.45) is 1.94. The molecular weight excluding hydrogens is 256 g/mol. The second-order valence-corrected chi connectivity index (χ2v) is 5.98. The third-order valence-electron chi connectivity index (χ3n) is 3.49. The van der Waals surface area contributed by atoms with Gasteiger partial charge in [0.15, 0.2) is 0 Å². The molecule has 2 aromatic rings. The maximum atomic E-state index is 4.27. The molecule has 104 valence electrons. The normalized spacial score (nSPS) is 13.1. The molecule has 0 aliphatic carbocycles. The van der Waals surface area contributed by atoms with Crippen LogP contribution in [0, 0.1) is 6.92 Å². The molecule has 2 heterocycles. The van der Waals surface area contributed by atoms with Gasteiger partial charge in [0.2, 0.25) is 0 Å². The Hall–Kier alpha value is -1.17. The highest BCUT2D eigenvalue weighted by molar-refractivity contribution is 7.10. The monoisotopic (exact) mass is 278 g/mol. The van der Waals surface area contributed by atoms with Gasteiger partial charge in [-0.3, -0.25) is 4.68 Å². The number of nitrogens with one attached hydrogen (secondary N) is 1. The van der Waals surface area contributed by atoms with Gasteiger partial charge in [0.05, 0.1) is 12.2 Å². The summed E-state index contributed by atoms with van der Waals surface area (Å²) in [4.78, 5) is 3.66. The molecule has 2 aromatic heterocycles. The summed E-state index contributed by atoms with van der Waals surface area (Å²) in [5.41, 5.74) is 2.50. The SMILES string of the molecule is Cc1c(CNCC(c2cccs2)N(C)C)cnn1C. The van der Waals surface area contributed by atoms with Gasteiger partial charge < -0.3 is 10.2 Å².